The van der Waals surface area contributed by atoms with Gasteiger partial charge >= 0.3 is 0 Å². The third-order valence-corrected chi connectivity index (χ3v) is 1.83. The molecule has 0 aromatic heterocycles. The van der Waals surface area contributed by atoms with Gasteiger partial charge in [-0.25, -0.2) is 0 Å². The lowest BCUT2D eigenvalue weighted by molar-refractivity contribution is 0.225. The Balaban J connectivity index is 2.08. The van der Waals surface area contributed by atoms with Crippen molar-refractivity contribution in [3.8, 4) is 0 Å². The van der Waals surface area contributed by atoms with Crippen LogP contribution >= 0.6 is 0 Å². The summed E-state index contributed by atoms with van der Waals surface area (Å²) in [6.07, 6.45) is 0. The van der Waals surface area contributed by atoms with Crippen LogP contribution in [-0.2, 0) is 0 Å². The molecule has 66 valence electrons. The van der Waals surface area contributed by atoms with Gasteiger partial charge in [-0.05, 0) is 0 Å². The van der Waals surface area contributed by atoms with Gasteiger partial charge in [-0.15, -0.1) is 0 Å². The molecule has 1 saturated heterocycles. The van der Waals surface area contributed by atoms with Crippen LogP contribution in [0.1, 0.15) is 0 Å². The Morgan fingerprint density at radius 1 is 1.09 bits per heavy atom. The Labute approximate surface area is 68.1 Å². The zero-order valence-corrected chi connectivity index (χ0v) is 7.00. The molecule has 4 N–H and O–H groups in total. The summed E-state index contributed by atoms with van der Waals surface area (Å²) in [5.41, 5.74) is 10.9. The zero-order valence-electron chi connectivity index (χ0n) is 7.00. The molecule has 1 rings (SSSR count). The summed E-state index contributed by atoms with van der Waals surface area (Å²) in [5, 5.41) is 0. The van der Waals surface area contributed by atoms with Gasteiger partial charge in [0.25, 0.3) is 0 Å². The molecular weight excluding hydrogens is 140 g/mol. The normalized spacial score (nSPS) is 17.7. The summed E-state index contributed by atoms with van der Waals surface area (Å²) in [6, 6.07) is 0. The van der Waals surface area contributed by atoms with Crippen LogP contribution in [0.4, 0.5) is 0 Å². The lowest BCUT2D eigenvalue weighted by Crippen LogP contribution is -2.37. The van der Waals surface area contributed by atoms with E-state index in [2.05, 4.69) is 9.80 Å². The minimum Gasteiger partial charge on any atom is -0.329 e. The van der Waals surface area contributed by atoms with E-state index in [1.807, 2.05) is 0 Å². The Morgan fingerprint density at radius 2 is 1.64 bits per heavy atom. The van der Waals surface area contributed by atoms with Crippen LogP contribution in [-0.4, -0.2) is 55.7 Å². The monoisotopic (exact) mass is 158 g/mol. The SMILES string of the molecule is NCCN(CCN)CN1CC1. The highest BCUT2D eigenvalue weighted by Gasteiger charge is 2.19. The number of nitrogens with zero attached hydrogens (tertiary/aromatic N) is 2. The van der Waals surface area contributed by atoms with E-state index in [1.54, 1.807) is 0 Å². The molecule has 1 aliphatic rings. The van der Waals surface area contributed by atoms with Gasteiger partial charge in [-0.2, -0.15) is 0 Å². The molecule has 0 radical (unpaired) electrons. The largest absolute Gasteiger partial charge is 0.329 e. The van der Waals surface area contributed by atoms with Crippen LogP contribution in [0.25, 0.3) is 0 Å². The molecule has 0 spiro atoms. The van der Waals surface area contributed by atoms with Gasteiger partial charge in [-0.3, -0.25) is 9.80 Å². The predicted molar refractivity (Wildman–Crippen MR) is 46.1 cm³/mol. The van der Waals surface area contributed by atoms with Gasteiger partial charge in [0, 0.05) is 39.3 Å². The molecule has 0 aromatic rings. The number of rotatable bonds is 6. The van der Waals surface area contributed by atoms with Crippen LogP contribution in [0.2, 0.25) is 0 Å². The first-order valence-corrected chi connectivity index (χ1v) is 4.21. The molecule has 4 heteroatoms. The summed E-state index contributed by atoms with van der Waals surface area (Å²) in [6.45, 7) is 6.93. The highest BCUT2D eigenvalue weighted by molar-refractivity contribution is 4.72. The van der Waals surface area contributed by atoms with E-state index >= 15 is 0 Å². The maximum atomic E-state index is 5.45. The minimum atomic E-state index is 0.730. The molecule has 0 saturated carbocycles. The van der Waals surface area contributed by atoms with E-state index in [0.717, 1.165) is 32.8 Å². The maximum Gasteiger partial charge on any atom is 0.0508 e. The minimum absolute atomic E-state index is 0.730. The highest BCUT2D eigenvalue weighted by Crippen LogP contribution is 2.03. The van der Waals surface area contributed by atoms with Gasteiger partial charge in [0.2, 0.25) is 0 Å². The molecular formula is C7H18N4. The van der Waals surface area contributed by atoms with Crippen LogP contribution in [0, 0.1) is 0 Å². The molecule has 0 atom stereocenters. The lowest BCUT2D eigenvalue weighted by atomic mass is 10.5. The van der Waals surface area contributed by atoms with Crippen LogP contribution in [0.3, 0.4) is 0 Å². The summed E-state index contributed by atoms with van der Waals surface area (Å²) < 4.78 is 0. The maximum absolute atomic E-state index is 5.45. The Bertz CT molecular complexity index is 96.6. The molecule has 0 aliphatic carbocycles. The van der Waals surface area contributed by atoms with E-state index in [-0.39, 0.29) is 0 Å². The first-order valence-electron chi connectivity index (χ1n) is 4.21. The molecule has 1 aliphatic heterocycles. The Kier molecular flexibility index (Phi) is 3.79. The average Bonchev–Trinajstić information content (AvgIpc) is 2.73. The second kappa shape index (κ2) is 4.66. The lowest BCUT2D eigenvalue weighted by Gasteiger charge is -2.20. The van der Waals surface area contributed by atoms with Crippen molar-refractivity contribution in [1.82, 2.24) is 9.80 Å². The van der Waals surface area contributed by atoms with Gasteiger partial charge in [-0.1, -0.05) is 0 Å². The Hall–Kier alpha value is -0.160. The molecule has 4 nitrogen and oxygen atoms in total. The second-order valence-electron chi connectivity index (χ2n) is 2.95. The van der Waals surface area contributed by atoms with Crippen molar-refractivity contribution >= 4 is 0 Å². The fourth-order valence-corrected chi connectivity index (χ4v) is 1.11. The Morgan fingerprint density at radius 3 is 2.00 bits per heavy atom. The first-order chi connectivity index (χ1) is 5.36. The second-order valence-corrected chi connectivity index (χ2v) is 2.95. The molecule has 0 aromatic carbocycles. The highest BCUT2D eigenvalue weighted by atomic mass is 15.4. The predicted octanol–water partition coefficient (Wildman–Crippen LogP) is -1.52. The van der Waals surface area contributed by atoms with Crippen molar-refractivity contribution in [3.63, 3.8) is 0 Å². The van der Waals surface area contributed by atoms with Gasteiger partial charge in [0.1, 0.15) is 0 Å². The quantitative estimate of drug-likeness (QED) is 0.461. The fraction of sp³-hybridized carbons (Fsp3) is 1.00. The molecule has 0 bridgehead atoms. The summed E-state index contributed by atoms with van der Waals surface area (Å²) in [5.74, 6) is 0. The molecule has 1 fully saturated rings. The van der Waals surface area contributed by atoms with Gasteiger partial charge in [0.05, 0.1) is 6.67 Å². The number of hydrogen-bond donors (Lipinski definition) is 2. The van der Waals surface area contributed by atoms with E-state index in [1.165, 1.54) is 13.1 Å². The van der Waals surface area contributed by atoms with Crippen molar-refractivity contribution < 1.29 is 0 Å². The summed E-state index contributed by atoms with van der Waals surface area (Å²) in [7, 11) is 0. The van der Waals surface area contributed by atoms with Gasteiger partial charge < -0.3 is 11.5 Å². The summed E-state index contributed by atoms with van der Waals surface area (Å²) >= 11 is 0. The third-order valence-electron chi connectivity index (χ3n) is 1.83. The molecule has 11 heavy (non-hydrogen) atoms. The van der Waals surface area contributed by atoms with E-state index in [9.17, 15) is 0 Å². The average molecular weight is 158 g/mol. The molecule has 0 unspecified atom stereocenters. The molecule has 1 heterocycles. The van der Waals surface area contributed by atoms with Crippen LogP contribution < -0.4 is 11.5 Å². The van der Waals surface area contributed by atoms with Crippen molar-refractivity contribution in [2.45, 2.75) is 0 Å². The van der Waals surface area contributed by atoms with Crippen molar-refractivity contribution in [1.29, 1.82) is 0 Å². The van der Waals surface area contributed by atoms with E-state index in [0.29, 0.717) is 0 Å². The van der Waals surface area contributed by atoms with Crippen molar-refractivity contribution in [2.75, 3.05) is 45.9 Å². The summed E-state index contributed by atoms with van der Waals surface area (Å²) in [4.78, 5) is 4.66. The number of hydrogen-bond acceptors (Lipinski definition) is 4. The van der Waals surface area contributed by atoms with Crippen molar-refractivity contribution in [2.24, 2.45) is 11.5 Å². The van der Waals surface area contributed by atoms with E-state index in [4.69, 9.17) is 11.5 Å². The van der Waals surface area contributed by atoms with Crippen LogP contribution in [0.15, 0.2) is 0 Å². The zero-order chi connectivity index (χ0) is 8.10. The van der Waals surface area contributed by atoms with Crippen LogP contribution in [0.5, 0.6) is 0 Å². The standard InChI is InChI=1S/C7H18N4/c8-1-3-10(4-2-9)7-11-5-6-11/h1-9H2. The molecule has 0 amide bonds. The van der Waals surface area contributed by atoms with E-state index < -0.39 is 0 Å². The smallest absolute Gasteiger partial charge is 0.0508 e. The first kappa shape index (κ1) is 8.93. The third kappa shape index (κ3) is 3.67. The van der Waals surface area contributed by atoms with Gasteiger partial charge in [0.15, 0.2) is 0 Å². The fourth-order valence-electron chi connectivity index (χ4n) is 1.11. The topological polar surface area (TPSA) is 58.3 Å². The number of nitrogens with two attached hydrogens (primary N) is 2. The van der Waals surface area contributed by atoms with Crippen molar-refractivity contribution in [3.05, 3.63) is 0 Å².